The zero-order valence-corrected chi connectivity index (χ0v) is 26.8. The second kappa shape index (κ2) is 24.8. The highest BCUT2D eigenvalue weighted by Crippen LogP contribution is 2.23. The van der Waals surface area contributed by atoms with Crippen LogP contribution in [0, 0.1) is 5.41 Å². The predicted octanol–water partition coefficient (Wildman–Crippen LogP) is 2.16. The van der Waals surface area contributed by atoms with Crippen LogP contribution in [0.15, 0.2) is 0 Å². The Kier molecular flexibility index (Phi) is 23.7. The molecule has 0 spiro atoms. The topological polar surface area (TPSA) is 158 Å². The highest BCUT2D eigenvalue weighted by molar-refractivity contribution is 7.99. The zero-order valence-electron chi connectivity index (χ0n) is 23.4. The molecule has 0 heterocycles. The molecule has 0 aromatic rings. The molecule has 0 aliphatic carbocycles. The zero-order chi connectivity index (χ0) is 30.9. The molecule has 0 saturated carbocycles. The third-order valence-electron chi connectivity index (χ3n) is 5.05. The quantitative estimate of drug-likeness (QED) is 0.0672. The van der Waals surface area contributed by atoms with Gasteiger partial charge in [-0.15, -0.1) is 0 Å². The van der Waals surface area contributed by atoms with Crippen LogP contribution < -0.4 is 0 Å². The molecule has 0 radical (unpaired) electrons. The van der Waals surface area contributed by atoms with Crippen molar-refractivity contribution < 1.29 is 57.2 Å². The summed E-state index contributed by atoms with van der Waals surface area (Å²) in [5, 5.41) is 0. The molecule has 0 rings (SSSR count). The predicted molar refractivity (Wildman–Crippen MR) is 160 cm³/mol. The third-order valence-corrected chi connectivity index (χ3v) is 7.47. The minimum atomic E-state index is -1.36. The number of ether oxygens (including phenoxy) is 6. The highest BCUT2D eigenvalue weighted by atomic mass is 32.2. The second-order valence-corrected chi connectivity index (χ2v) is 11.8. The number of methoxy groups -OCH3 is 2. The number of hydrogen-bond acceptors (Lipinski definition) is 16. The Morgan fingerprint density at radius 3 is 1.02 bits per heavy atom. The molecular formula is C25H40O12S4. The van der Waals surface area contributed by atoms with Crippen LogP contribution in [0.4, 0.5) is 0 Å². The van der Waals surface area contributed by atoms with Gasteiger partial charge < -0.3 is 28.4 Å². The van der Waals surface area contributed by atoms with E-state index in [4.69, 9.17) is 18.9 Å². The van der Waals surface area contributed by atoms with Gasteiger partial charge in [-0.05, 0) is 0 Å². The maximum Gasteiger partial charge on any atom is 0.306 e. The molecule has 0 aliphatic rings. The van der Waals surface area contributed by atoms with Gasteiger partial charge in [-0.1, -0.05) is 0 Å². The molecule has 41 heavy (non-hydrogen) atoms. The molecule has 0 atom stereocenters. The van der Waals surface area contributed by atoms with Crippen molar-refractivity contribution in [1.82, 2.24) is 0 Å². The minimum Gasteiger partial charge on any atom is -0.469 e. The van der Waals surface area contributed by atoms with Gasteiger partial charge in [0.2, 0.25) is 0 Å². The van der Waals surface area contributed by atoms with Crippen LogP contribution in [0.3, 0.4) is 0 Å². The summed E-state index contributed by atoms with van der Waals surface area (Å²) in [5.74, 6) is -0.779. The van der Waals surface area contributed by atoms with Gasteiger partial charge in [0.1, 0.15) is 31.8 Å². The van der Waals surface area contributed by atoms with Crippen molar-refractivity contribution in [2.24, 2.45) is 5.41 Å². The Hall–Kier alpha value is -1.78. The first kappa shape index (κ1) is 39.2. The van der Waals surface area contributed by atoms with Gasteiger partial charge in [0, 0.05) is 34.5 Å². The van der Waals surface area contributed by atoms with Crippen molar-refractivity contribution in [2.45, 2.75) is 38.5 Å². The van der Waals surface area contributed by atoms with Crippen molar-refractivity contribution >= 4 is 84.6 Å². The monoisotopic (exact) mass is 660 g/mol. The van der Waals surface area contributed by atoms with Gasteiger partial charge in [0.05, 0.1) is 52.7 Å². The number of thioether (sulfide) groups is 2. The van der Waals surface area contributed by atoms with Gasteiger partial charge in [-0.3, -0.25) is 28.8 Å². The summed E-state index contributed by atoms with van der Waals surface area (Å²) in [4.78, 5) is 71.4. The molecule has 236 valence electrons. The number of carbonyl (C=O) groups excluding carboxylic acids is 6. The molecule has 0 N–H and O–H groups in total. The molecule has 12 nitrogen and oxygen atoms in total. The van der Waals surface area contributed by atoms with E-state index < -0.39 is 29.3 Å². The largest absolute Gasteiger partial charge is 0.469 e. The van der Waals surface area contributed by atoms with Crippen molar-refractivity contribution in [3.05, 3.63) is 0 Å². The molecule has 16 heteroatoms. The average Bonchev–Trinajstić information content (AvgIpc) is 2.96. The summed E-state index contributed by atoms with van der Waals surface area (Å²) in [6, 6.07) is 0. The van der Waals surface area contributed by atoms with Crippen LogP contribution in [0.1, 0.15) is 38.5 Å². The van der Waals surface area contributed by atoms with E-state index in [0.29, 0.717) is 23.0 Å². The van der Waals surface area contributed by atoms with E-state index in [1.807, 2.05) is 0 Å². The molecule has 0 aromatic carbocycles. The second-order valence-electron chi connectivity index (χ2n) is 8.47. The number of thiol groups is 2. The summed E-state index contributed by atoms with van der Waals surface area (Å²) in [5.41, 5.74) is -1.36. The lowest BCUT2D eigenvalue weighted by atomic mass is 9.92. The first-order valence-electron chi connectivity index (χ1n) is 12.7. The van der Waals surface area contributed by atoms with Crippen molar-refractivity contribution in [1.29, 1.82) is 0 Å². The number of esters is 6. The van der Waals surface area contributed by atoms with Crippen molar-refractivity contribution in [2.75, 3.05) is 75.2 Å². The van der Waals surface area contributed by atoms with Crippen LogP contribution >= 0.6 is 48.8 Å². The summed E-state index contributed by atoms with van der Waals surface area (Å²) in [6.45, 7) is -1.42. The molecule has 0 fully saturated rings. The lowest BCUT2D eigenvalue weighted by Gasteiger charge is -2.31. The lowest BCUT2D eigenvalue weighted by Crippen LogP contribution is -2.44. The maximum absolute atomic E-state index is 12.4. The third kappa shape index (κ3) is 21.6. The summed E-state index contributed by atoms with van der Waals surface area (Å²) < 4.78 is 30.6. The molecule has 0 saturated heterocycles. The molecule has 0 amide bonds. The van der Waals surface area contributed by atoms with Gasteiger partial charge in [0.15, 0.2) is 0 Å². The van der Waals surface area contributed by atoms with Gasteiger partial charge in [-0.25, -0.2) is 0 Å². The number of carbonyl (C=O) groups is 6. The summed E-state index contributed by atoms with van der Waals surface area (Å²) in [7, 11) is 2.60. The van der Waals surface area contributed by atoms with E-state index in [1.165, 1.54) is 37.7 Å². The molecule has 0 unspecified atom stereocenters. The standard InChI is InChI=1S/C25H40O12S4/c1-32-19(26)5-11-40-13-7-23(30)36-17-25(15-34-21(28)3-9-38,16-35-22(29)4-10-39)18-37-24(31)8-14-41-12-6-20(27)33-2/h38-39H,3-18H2,1-2H3. The summed E-state index contributed by atoms with van der Waals surface area (Å²) >= 11 is 10.8. The highest BCUT2D eigenvalue weighted by Gasteiger charge is 2.38. The van der Waals surface area contributed by atoms with Crippen molar-refractivity contribution in [3.8, 4) is 0 Å². The van der Waals surface area contributed by atoms with Crippen molar-refractivity contribution in [3.63, 3.8) is 0 Å². The fourth-order valence-electron chi connectivity index (χ4n) is 2.69. The van der Waals surface area contributed by atoms with Crippen LogP contribution in [0.5, 0.6) is 0 Å². The van der Waals surface area contributed by atoms with Gasteiger partial charge in [0.25, 0.3) is 0 Å². The lowest BCUT2D eigenvalue weighted by molar-refractivity contribution is -0.170. The van der Waals surface area contributed by atoms with Gasteiger partial charge >= 0.3 is 35.8 Å². The summed E-state index contributed by atoms with van der Waals surface area (Å²) in [6.07, 6.45) is 0.522. The number of hydrogen-bond donors (Lipinski definition) is 2. The van der Waals surface area contributed by atoms with E-state index in [-0.39, 0.29) is 88.4 Å². The minimum absolute atomic E-state index is 0.0177. The van der Waals surface area contributed by atoms with Gasteiger partial charge in [-0.2, -0.15) is 48.8 Å². The normalized spacial score (nSPS) is 10.8. The molecule has 0 bridgehead atoms. The maximum atomic E-state index is 12.4. The van der Waals surface area contributed by atoms with E-state index in [2.05, 4.69) is 34.7 Å². The first-order valence-corrected chi connectivity index (χ1v) is 16.3. The van der Waals surface area contributed by atoms with E-state index >= 15 is 0 Å². The van der Waals surface area contributed by atoms with Crippen LogP contribution in [0.2, 0.25) is 0 Å². The fourth-order valence-corrected chi connectivity index (χ4v) is 4.70. The Bertz CT molecular complexity index is 758. The SMILES string of the molecule is COC(=O)CCSCCC(=O)OCC(COC(=O)CCS)(COC(=O)CCS)COC(=O)CCSCCC(=O)OC. The fraction of sp³-hybridized carbons (Fsp3) is 0.760. The van der Waals surface area contributed by atoms with E-state index in [9.17, 15) is 28.8 Å². The Morgan fingerprint density at radius 2 is 0.756 bits per heavy atom. The van der Waals surface area contributed by atoms with Crippen LogP contribution in [-0.2, 0) is 57.2 Å². The number of rotatable bonds is 24. The first-order chi connectivity index (χ1) is 19.6. The molecular weight excluding hydrogens is 621 g/mol. The Morgan fingerprint density at radius 1 is 0.488 bits per heavy atom. The Labute approximate surface area is 260 Å². The average molecular weight is 661 g/mol. The van der Waals surface area contributed by atoms with Crippen LogP contribution in [0.25, 0.3) is 0 Å². The molecule has 0 aromatic heterocycles. The Balaban J connectivity index is 5.26. The van der Waals surface area contributed by atoms with E-state index in [1.54, 1.807) is 0 Å². The molecule has 0 aliphatic heterocycles. The smallest absolute Gasteiger partial charge is 0.306 e. The van der Waals surface area contributed by atoms with Crippen LogP contribution in [-0.4, -0.2) is 111 Å². The van der Waals surface area contributed by atoms with E-state index in [0.717, 1.165) is 0 Å².